The lowest BCUT2D eigenvalue weighted by Gasteiger charge is -2.27. The highest BCUT2D eigenvalue weighted by atomic mass is 32.1. The van der Waals surface area contributed by atoms with E-state index in [1.165, 1.54) is 18.3 Å². The number of ether oxygens (including phenoxy) is 1. The number of esters is 1. The molecule has 0 saturated heterocycles. The molecule has 1 aromatic heterocycles. The molecule has 1 amide bonds. The number of hydrogen-bond acceptors (Lipinski definition) is 8. The van der Waals surface area contributed by atoms with Crippen molar-refractivity contribution in [3.8, 4) is 0 Å². The summed E-state index contributed by atoms with van der Waals surface area (Å²) in [6, 6.07) is 9.27. The molecule has 0 aliphatic heterocycles. The lowest BCUT2D eigenvalue weighted by atomic mass is 10.0. The zero-order valence-electron chi connectivity index (χ0n) is 24.9. The van der Waals surface area contributed by atoms with Gasteiger partial charge in [0.05, 0.1) is 28.1 Å². The van der Waals surface area contributed by atoms with Gasteiger partial charge in [-0.25, -0.2) is 9.78 Å². The zero-order valence-corrected chi connectivity index (χ0v) is 25.7. The van der Waals surface area contributed by atoms with Crippen LogP contribution in [-0.4, -0.2) is 36.6 Å². The maximum atomic E-state index is 12.7. The van der Waals surface area contributed by atoms with Gasteiger partial charge >= 0.3 is 5.97 Å². The van der Waals surface area contributed by atoms with E-state index in [0.29, 0.717) is 40.5 Å². The predicted octanol–water partition coefficient (Wildman–Crippen LogP) is 8.83. The Labute approximate surface area is 242 Å². The third-order valence-electron chi connectivity index (χ3n) is 6.78. The van der Waals surface area contributed by atoms with E-state index in [4.69, 9.17) is 4.74 Å². The minimum Gasteiger partial charge on any atom is -0.462 e. The number of carbonyl (C=O) groups is 2. The number of aryl methyl sites for hydroxylation is 1. The van der Waals surface area contributed by atoms with Crippen LogP contribution in [0.2, 0.25) is 0 Å². The summed E-state index contributed by atoms with van der Waals surface area (Å²) in [6.45, 7) is 16.6. The predicted molar refractivity (Wildman–Crippen MR) is 166 cm³/mol. The summed E-state index contributed by atoms with van der Waals surface area (Å²) in [7, 11) is 0. The van der Waals surface area contributed by atoms with Crippen LogP contribution in [0, 0.1) is 18.8 Å². The van der Waals surface area contributed by atoms with Gasteiger partial charge < -0.3 is 15.0 Å². The fourth-order valence-corrected chi connectivity index (χ4v) is 5.41. The minimum absolute atomic E-state index is 0.173. The first-order valence-electron chi connectivity index (χ1n) is 14.3. The molecule has 0 bridgehead atoms. The van der Waals surface area contributed by atoms with Gasteiger partial charge in [0.15, 0.2) is 0 Å². The Morgan fingerprint density at radius 3 is 2.55 bits per heavy atom. The summed E-state index contributed by atoms with van der Waals surface area (Å²) in [5.74, 6) is 0.405. The van der Waals surface area contributed by atoms with Gasteiger partial charge in [0.25, 0.3) is 0 Å². The van der Waals surface area contributed by atoms with Gasteiger partial charge in [-0.3, -0.25) is 4.79 Å². The highest BCUT2D eigenvalue weighted by molar-refractivity contribution is 7.21. The molecule has 1 N–H and O–H groups in total. The lowest BCUT2D eigenvalue weighted by molar-refractivity contribution is -0.114. The molecular weight excluding hydrogens is 522 g/mol. The summed E-state index contributed by atoms with van der Waals surface area (Å²) in [4.78, 5) is 31.5. The number of fused-ring (bicyclic) bond motifs is 1. The Balaban J connectivity index is 1.82. The topological polar surface area (TPSA) is 96.2 Å². The van der Waals surface area contributed by atoms with Crippen LogP contribution in [0.3, 0.4) is 0 Å². The first kappa shape index (κ1) is 31.2. The smallest absolute Gasteiger partial charge is 0.338 e. The Hall–Kier alpha value is -3.33. The van der Waals surface area contributed by atoms with Crippen molar-refractivity contribution in [1.29, 1.82) is 0 Å². The minimum atomic E-state index is -0.317. The van der Waals surface area contributed by atoms with E-state index >= 15 is 0 Å². The van der Waals surface area contributed by atoms with Crippen LogP contribution < -0.4 is 10.2 Å². The van der Waals surface area contributed by atoms with Crippen molar-refractivity contribution in [2.45, 2.75) is 74.1 Å². The number of amides is 1. The van der Waals surface area contributed by atoms with Gasteiger partial charge in [0.2, 0.25) is 11.0 Å². The number of rotatable bonds is 14. The molecule has 40 heavy (non-hydrogen) atoms. The molecule has 3 aromatic rings. The average molecular weight is 566 g/mol. The molecule has 1 unspecified atom stereocenters. The molecule has 3 rings (SSSR count). The SMILES string of the molecule is CCCCC(CC)COC(=O)c1ccc2nc(N=Nc3cc(C)c(N(CC)CC(C)C)cc3NC(C)=O)sc2c1. The van der Waals surface area contributed by atoms with Crippen LogP contribution >= 0.6 is 11.3 Å². The Morgan fingerprint density at radius 1 is 1.12 bits per heavy atom. The summed E-state index contributed by atoms with van der Waals surface area (Å²) in [6.07, 6.45) is 4.35. The van der Waals surface area contributed by atoms with E-state index in [9.17, 15) is 9.59 Å². The van der Waals surface area contributed by atoms with Crippen LogP contribution in [0.15, 0.2) is 40.6 Å². The Bertz CT molecular complexity index is 1330. The fourth-order valence-electron chi connectivity index (χ4n) is 4.59. The first-order chi connectivity index (χ1) is 19.1. The number of nitrogens with zero attached hydrogens (tertiary/aromatic N) is 4. The van der Waals surface area contributed by atoms with Crippen molar-refractivity contribution < 1.29 is 14.3 Å². The quantitative estimate of drug-likeness (QED) is 0.156. The Kier molecular flexibility index (Phi) is 11.6. The van der Waals surface area contributed by atoms with Crippen LogP contribution in [0.5, 0.6) is 0 Å². The van der Waals surface area contributed by atoms with Crippen molar-refractivity contribution >= 4 is 55.6 Å². The molecule has 2 aromatic carbocycles. The highest BCUT2D eigenvalue weighted by Gasteiger charge is 2.16. The van der Waals surface area contributed by atoms with E-state index in [1.54, 1.807) is 12.1 Å². The number of azo groups is 1. The highest BCUT2D eigenvalue weighted by Crippen LogP contribution is 2.36. The molecule has 0 aliphatic carbocycles. The monoisotopic (exact) mass is 565 g/mol. The van der Waals surface area contributed by atoms with Crippen molar-refractivity contribution in [1.82, 2.24) is 4.98 Å². The molecule has 216 valence electrons. The van der Waals surface area contributed by atoms with E-state index in [-0.39, 0.29) is 11.9 Å². The summed E-state index contributed by atoms with van der Waals surface area (Å²) in [5.41, 5.74) is 4.53. The average Bonchev–Trinajstić information content (AvgIpc) is 3.33. The van der Waals surface area contributed by atoms with E-state index in [2.05, 4.69) is 60.0 Å². The third-order valence-corrected chi connectivity index (χ3v) is 7.68. The molecule has 9 heteroatoms. The molecule has 1 atom stereocenters. The number of benzene rings is 2. The maximum absolute atomic E-state index is 12.7. The summed E-state index contributed by atoms with van der Waals surface area (Å²) in [5, 5.41) is 12.2. The van der Waals surface area contributed by atoms with E-state index in [1.807, 2.05) is 25.1 Å². The second-order valence-corrected chi connectivity index (χ2v) is 11.7. The maximum Gasteiger partial charge on any atom is 0.338 e. The summed E-state index contributed by atoms with van der Waals surface area (Å²) < 4.78 is 6.45. The lowest BCUT2D eigenvalue weighted by Crippen LogP contribution is -2.28. The largest absolute Gasteiger partial charge is 0.462 e. The second-order valence-electron chi connectivity index (χ2n) is 10.7. The number of thiazole rings is 1. The number of nitrogens with one attached hydrogen (secondary N) is 1. The molecule has 0 fully saturated rings. The standard InChI is InChI=1S/C31H43N5O3S/c1-8-11-12-23(9-2)19-39-30(38)24-13-14-25-29(16-24)40-31(33-25)35-34-27-15-21(6)28(17-26(27)32-22(7)37)36(10-3)18-20(4)5/h13-17,20,23H,8-12,18-19H2,1-7H3,(H,32,37). The van der Waals surface area contributed by atoms with Crippen LogP contribution in [0.1, 0.15) is 83.1 Å². The van der Waals surface area contributed by atoms with Crippen molar-refractivity contribution in [2.24, 2.45) is 22.1 Å². The zero-order chi connectivity index (χ0) is 29.2. The molecule has 1 heterocycles. The number of unbranched alkanes of at least 4 members (excludes halogenated alkanes) is 1. The molecule has 0 radical (unpaired) electrons. The van der Waals surface area contributed by atoms with E-state index in [0.717, 1.165) is 60.2 Å². The Morgan fingerprint density at radius 2 is 1.90 bits per heavy atom. The molecule has 0 saturated carbocycles. The normalized spacial score (nSPS) is 12.3. The van der Waals surface area contributed by atoms with E-state index < -0.39 is 0 Å². The van der Waals surface area contributed by atoms with Gasteiger partial charge in [-0.2, -0.15) is 0 Å². The van der Waals surface area contributed by atoms with Crippen LogP contribution in [0.4, 0.5) is 22.2 Å². The van der Waals surface area contributed by atoms with Gasteiger partial charge in [-0.05, 0) is 68.0 Å². The van der Waals surface area contributed by atoms with Crippen molar-refractivity contribution in [2.75, 3.05) is 29.9 Å². The van der Waals surface area contributed by atoms with Crippen LogP contribution in [0.25, 0.3) is 10.2 Å². The number of carbonyl (C=O) groups excluding carboxylic acids is 2. The fraction of sp³-hybridized carbons (Fsp3) is 0.516. The second kappa shape index (κ2) is 14.9. The summed E-state index contributed by atoms with van der Waals surface area (Å²) >= 11 is 1.36. The third kappa shape index (κ3) is 8.58. The molecule has 8 nitrogen and oxygen atoms in total. The van der Waals surface area contributed by atoms with Crippen molar-refractivity contribution in [3.05, 3.63) is 41.5 Å². The molecule has 0 aliphatic rings. The van der Waals surface area contributed by atoms with Crippen LogP contribution in [-0.2, 0) is 9.53 Å². The van der Waals surface area contributed by atoms with Crippen molar-refractivity contribution in [3.63, 3.8) is 0 Å². The first-order valence-corrected chi connectivity index (χ1v) is 15.1. The number of hydrogen-bond donors (Lipinski definition) is 1. The number of aromatic nitrogens is 1. The van der Waals surface area contributed by atoms with Gasteiger partial charge in [0, 0.05) is 25.7 Å². The number of anilines is 2. The molecule has 0 spiro atoms. The van der Waals surface area contributed by atoms with Gasteiger partial charge in [0.1, 0.15) is 5.69 Å². The van der Waals surface area contributed by atoms with Gasteiger partial charge in [-0.1, -0.05) is 58.3 Å². The molecular formula is C31H43N5O3S. The van der Waals surface area contributed by atoms with Gasteiger partial charge in [-0.15, -0.1) is 10.2 Å².